The Labute approximate surface area is 272 Å². The molecule has 252 valence electrons. The molecule has 3 unspecified atom stereocenters. The highest BCUT2D eigenvalue weighted by atomic mass is 16.3. The Morgan fingerprint density at radius 3 is 2.20 bits per heavy atom. The van der Waals surface area contributed by atoms with Crippen molar-refractivity contribution in [1.82, 2.24) is 0 Å². The first-order valence-electron chi connectivity index (χ1n) is 17.2. The van der Waals surface area contributed by atoms with Crippen LogP contribution in [0.4, 0.5) is 0 Å². The summed E-state index contributed by atoms with van der Waals surface area (Å²) in [5.74, 6) is -10.2. The van der Waals surface area contributed by atoms with Crippen molar-refractivity contribution in [2.45, 2.75) is 130 Å². The van der Waals surface area contributed by atoms with Gasteiger partial charge in [-0.25, -0.2) is 0 Å². The molecule has 8 heteroatoms. The normalized spacial score (nSPS) is 36.8. The molecule has 1 aromatic carbocycles. The third-order valence-corrected chi connectivity index (χ3v) is 13.1. The van der Waals surface area contributed by atoms with Crippen molar-refractivity contribution in [3.05, 3.63) is 28.8 Å². The quantitative estimate of drug-likeness (QED) is 0.326. The van der Waals surface area contributed by atoms with E-state index in [2.05, 4.69) is 0 Å². The predicted octanol–water partition coefficient (Wildman–Crippen LogP) is 5.65. The summed E-state index contributed by atoms with van der Waals surface area (Å²) in [6.07, 6.45) is 7.58. The minimum atomic E-state index is -2.96. The molecule has 46 heavy (non-hydrogen) atoms. The number of aliphatic hydroxyl groups is 2. The number of ketones is 5. The van der Waals surface area contributed by atoms with E-state index in [1.165, 1.54) is 39.0 Å². The highest BCUT2D eigenvalue weighted by Crippen LogP contribution is 2.66. The van der Waals surface area contributed by atoms with Gasteiger partial charge in [0.25, 0.3) is 0 Å². The lowest BCUT2D eigenvalue weighted by Crippen LogP contribution is -2.81. The van der Waals surface area contributed by atoms with Gasteiger partial charge in [-0.15, -0.1) is 0 Å². The molecular weight excluding hydrogens is 584 g/mol. The van der Waals surface area contributed by atoms with Gasteiger partial charge >= 0.3 is 0 Å². The van der Waals surface area contributed by atoms with Crippen LogP contribution < -0.4 is 0 Å². The topological polar surface area (TPSA) is 146 Å². The summed E-state index contributed by atoms with van der Waals surface area (Å²) in [5, 5.41) is 36.4. The first kappa shape index (κ1) is 34.6. The van der Waals surface area contributed by atoms with Crippen LogP contribution in [-0.4, -0.2) is 55.9 Å². The van der Waals surface area contributed by atoms with Crippen LogP contribution in [0.2, 0.25) is 0 Å². The number of rotatable bonds is 7. The number of Topliss-reactive ketones (excluding diaryl/α,β-unsaturated/α-hetero) is 5. The maximum absolute atomic E-state index is 14.7. The van der Waals surface area contributed by atoms with E-state index in [0.717, 1.165) is 32.1 Å². The average molecular weight is 637 g/mol. The van der Waals surface area contributed by atoms with E-state index >= 15 is 0 Å². The molecule has 8 atom stereocenters. The first-order chi connectivity index (χ1) is 21.3. The van der Waals surface area contributed by atoms with E-state index in [1.54, 1.807) is 33.8 Å². The number of hydrogen-bond acceptors (Lipinski definition) is 8. The molecule has 1 aromatic rings. The summed E-state index contributed by atoms with van der Waals surface area (Å²) in [4.78, 5) is 69.6. The van der Waals surface area contributed by atoms with Crippen LogP contribution >= 0.6 is 0 Å². The molecule has 8 nitrogen and oxygen atoms in total. The van der Waals surface area contributed by atoms with Gasteiger partial charge in [0.2, 0.25) is 0 Å². The molecule has 4 aliphatic carbocycles. The average Bonchev–Trinajstić information content (AvgIpc) is 2.97. The van der Waals surface area contributed by atoms with Gasteiger partial charge in [-0.05, 0) is 42.1 Å². The van der Waals surface area contributed by atoms with E-state index in [-0.39, 0.29) is 11.3 Å². The second-order valence-corrected chi connectivity index (χ2v) is 16.4. The van der Waals surface area contributed by atoms with E-state index in [0.29, 0.717) is 11.1 Å². The zero-order valence-corrected chi connectivity index (χ0v) is 28.7. The van der Waals surface area contributed by atoms with Crippen LogP contribution in [0.3, 0.4) is 0 Å². The van der Waals surface area contributed by atoms with Gasteiger partial charge in [0.15, 0.2) is 28.7 Å². The van der Waals surface area contributed by atoms with Crippen LogP contribution in [0.5, 0.6) is 5.75 Å². The van der Waals surface area contributed by atoms with E-state index < -0.39 is 86.5 Å². The van der Waals surface area contributed by atoms with Crippen molar-refractivity contribution in [3.63, 3.8) is 0 Å². The standard InChI is InChI=1S/C38H52O8/c1-19(2)27-30(41)25(21(4)39)32(43)38(46)33(44)28-31(42)26-23(20(3)36(28,7)34(45)37(27,38)8)16-17-24(29(26)40)35(5,6)18-12-15-22-13-10-9-11-14-22/h16-17,19-20,22,25,27-28,34,40,45-46H,9-15,18H2,1-8H3/t20-,25?,27?,28?,34-,36+,37+,38+/m1/s1. The van der Waals surface area contributed by atoms with Gasteiger partial charge < -0.3 is 15.3 Å². The van der Waals surface area contributed by atoms with Gasteiger partial charge in [0.05, 0.1) is 17.6 Å². The molecule has 5 rings (SSSR count). The number of aliphatic hydroxyl groups excluding tert-OH is 1. The Kier molecular flexibility index (Phi) is 8.63. The van der Waals surface area contributed by atoms with Crippen molar-refractivity contribution in [3.8, 4) is 5.75 Å². The van der Waals surface area contributed by atoms with Crippen molar-refractivity contribution in [2.24, 2.45) is 40.4 Å². The summed E-state index contributed by atoms with van der Waals surface area (Å²) in [6, 6.07) is 3.62. The molecule has 4 aliphatic rings. The van der Waals surface area contributed by atoms with Gasteiger partial charge in [0.1, 0.15) is 17.5 Å². The van der Waals surface area contributed by atoms with Gasteiger partial charge in [0, 0.05) is 22.3 Å². The Hall–Kier alpha value is -2.71. The zero-order chi connectivity index (χ0) is 34.3. The molecule has 0 aromatic heterocycles. The fraction of sp³-hybridized carbons (Fsp3) is 0.711. The van der Waals surface area contributed by atoms with E-state index in [4.69, 9.17) is 0 Å². The lowest BCUT2D eigenvalue weighted by molar-refractivity contribution is -0.240. The highest BCUT2D eigenvalue weighted by molar-refractivity contribution is 6.33. The summed E-state index contributed by atoms with van der Waals surface area (Å²) in [5.41, 5.74) is -5.94. The molecule has 0 bridgehead atoms. The van der Waals surface area contributed by atoms with Crippen LogP contribution in [0.15, 0.2) is 12.1 Å². The molecule has 0 saturated heterocycles. The number of hydrogen-bond donors (Lipinski definition) is 3. The van der Waals surface area contributed by atoms with Gasteiger partial charge in [-0.3, -0.25) is 24.0 Å². The summed E-state index contributed by atoms with van der Waals surface area (Å²) >= 11 is 0. The lowest BCUT2D eigenvalue weighted by atomic mass is 9.37. The van der Waals surface area contributed by atoms with Crippen LogP contribution in [0.25, 0.3) is 0 Å². The minimum absolute atomic E-state index is 0.0246. The van der Waals surface area contributed by atoms with Crippen molar-refractivity contribution in [1.29, 1.82) is 0 Å². The summed E-state index contributed by atoms with van der Waals surface area (Å²) in [6.45, 7) is 13.3. The Morgan fingerprint density at radius 2 is 1.63 bits per heavy atom. The fourth-order valence-corrected chi connectivity index (χ4v) is 10.3. The Morgan fingerprint density at radius 1 is 1.02 bits per heavy atom. The Bertz CT molecular complexity index is 1480. The molecule has 0 amide bonds. The maximum atomic E-state index is 14.7. The van der Waals surface area contributed by atoms with Crippen molar-refractivity contribution >= 4 is 28.9 Å². The largest absolute Gasteiger partial charge is 0.507 e. The number of benzene rings is 1. The summed E-state index contributed by atoms with van der Waals surface area (Å²) < 4.78 is 0. The predicted molar refractivity (Wildman–Crippen MR) is 172 cm³/mol. The molecule has 3 saturated carbocycles. The molecule has 3 N–H and O–H groups in total. The number of fused-ring (bicyclic) bond motifs is 3. The van der Waals surface area contributed by atoms with Crippen molar-refractivity contribution < 1.29 is 39.3 Å². The molecular formula is C38H52O8. The third kappa shape index (κ3) is 4.48. The van der Waals surface area contributed by atoms with E-state index in [9.17, 15) is 39.3 Å². The zero-order valence-electron chi connectivity index (χ0n) is 28.7. The minimum Gasteiger partial charge on any atom is -0.507 e. The number of aromatic hydroxyl groups is 1. The lowest BCUT2D eigenvalue weighted by Gasteiger charge is -2.65. The first-order valence-corrected chi connectivity index (χ1v) is 17.2. The monoisotopic (exact) mass is 636 g/mol. The number of phenols is 1. The van der Waals surface area contributed by atoms with Crippen LogP contribution in [0, 0.1) is 40.4 Å². The van der Waals surface area contributed by atoms with E-state index in [1.807, 2.05) is 19.9 Å². The van der Waals surface area contributed by atoms with Crippen LogP contribution in [-0.2, 0) is 24.6 Å². The van der Waals surface area contributed by atoms with Crippen molar-refractivity contribution in [2.75, 3.05) is 0 Å². The molecule has 0 radical (unpaired) electrons. The Balaban J connectivity index is 1.60. The van der Waals surface area contributed by atoms with Gasteiger partial charge in [-0.1, -0.05) is 106 Å². The molecule has 0 aliphatic heterocycles. The number of phenolic OH excluding ortho intramolecular Hbond substituents is 1. The SMILES string of the molecule is CC(=O)C1C(=O)C(C(C)C)[C@@]2(C)[C@H](O)[C@]3(C)C(C(=O)c4c(ccc(C(C)(C)CCCC5CCCCC5)c4O)[C@H]3C)C(=O)[C@@]2(O)C1=O. The van der Waals surface area contributed by atoms with Crippen LogP contribution in [0.1, 0.15) is 134 Å². The second-order valence-electron chi connectivity index (χ2n) is 16.4. The second kappa shape index (κ2) is 11.5. The fourth-order valence-electron chi connectivity index (χ4n) is 10.3. The smallest absolute Gasteiger partial charge is 0.191 e. The number of carbonyl (C=O) groups excluding carboxylic acids is 5. The molecule has 3 fully saturated rings. The number of carbonyl (C=O) groups is 5. The molecule has 0 spiro atoms. The van der Waals surface area contributed by atoms with Gasteiger partial charge in [-0.2, -0.15) is 0 Å². The maximum Gasteiger partial charge on any atom is 0.191 e. The summed E-state index contributed by atoms with van der Waals surface area (Å²) in [7, 11) is 0. The molecule has 0 heterocycles. The highest BCUT2D eigenvalue weighted by Gasteiger charge is 2.80. The third-order valence-electron chi connectivity index (χ3n) is 13.1.